The van der Waals surface area contributed by atoms with Gasteiger partial charge in [0, 0.05) is 12.1 Å². The molecule has 4 nitrogen and oxygen atoms in total. The summed E-state index contributed by atoms with van der Waals surface area (Å²) in [5.74, 6) is 0.580. The molecule has 0 aromatic heterocycles. The molecule has 0 heterocycles. The van der Waals surface area contributed by atoms with Gasteiger partial charge in [0.05, 0.1) is 6.04 Å². The number of hydrogen-bond donors (Lipinski definition) is 1. The molecule has 3 rings (SSSR count). The van der Waals surface area contributed by atoms with Crippen molar-refractivity contribution in [2.45, 2.75) is 12.6 Å². The summed E-state index contributed by atoms with van der Waals surface area (Å²) in [5.41, 5.74) is 2.86. The lowest BCUT2D eigenvalue weighted by atomic mass is 10.1. The van der Waals surface area contributed by atoms with Gasteiger partial charge in [0.1, 0.15) is 12.4 Å². The molecule has 0 aliphatic carbocycles. The van der Waals surface area contributed by atoms with Crippen molar-refractivity contribution < 1.29 is 9.53 Å². The molecular formula is C24H26N2O2. The number of nitrogens with one attached hydrogen (secondary N) is 1. The number of ether oxygens (including phenoxy) is 1. The Kier molecular flexibility index (Phi) is 6.82. The number of carbonyl (C=O) groups is 1. The minimum Gasteiger partial charge on any atom is -0.489 e. The molecular weight excluding hydrogens is 348 g/mol. The van der Waals surface area contributed by atoms with Crippen molar-refractivity contribution in [3.05, 3.63) is 102 Å². The monoisotopic (exact) mass is 374 g/mol. The fraction of sp³-hybridized carbons (Fsp3) is 0.208. The van der Waals surface area contributed by atoms with Crippen LogP contribution in [0.1, 0.15) is 27.5 Å². The standard InChI is InChI=1S/C24H26N2O2/c1-26(2)23(20-12-7-4-8-13-20)17-25-24(27)21-14-9-15-22(16-21)28-18-19-10-5-3-6-11-19/h3-16,23H,17-18H2,1-2H3,(H,25,27)/t23-/m1/s1. The van der Waals surface area contributed by atoms with E-state index in [-0.39, 0.29) is 11.9 Å². The minimum absolute atomic E-state index is 0.104. The molecule has 0 aliphatic heterocycles. The van der Waals surface area contributed by atoms with Gasteiger partial charge in [-0.15, -0.1) is 0 Å². The summed E-state index contributed by atoms with van der Waals surface area (Å²) < 4.78 is 5.83. The van der Waals surface area contributed by atoms with Gasteiger partial charge in [-0.3, -0.25) is 4.79 Å². The summed E-state index contributed by atoms with van der Waals surface area (Å²) in [4.78, 5) is 14.8. The molecule has 0 radical (unpaired) electrons. The summed E-state index contributed by atoms with van der Waals surface area (Å²) in [6.45, 7) is 1.01. The summed E-state index contributed by atoms with van der Waals surface area (Å²) >= 11 is 0. The lowest BCUT2D eigenvalue weighted by Crippen LogP contribution is -2.34. The Morgan fingerprint density at radius 3 is 2.29 bits per heavy atom. The predicted octanol–water partition coefficient (Wildman–Crippen LogP) is 4.30. The van der Waals surface area contributed by atoms with E-state index in [4.69, 9.17) is 4.74 Å². The van der Waals surface area contributed by atoms with E-state index in [1.165, 1.54) is 5.56 Å². The first-order valence-electron chi connectivity index (χ1n) is 9.40. The SMILES string of the molecule is CN(C)[C@H](CNC(=O)c1cccc(OCc2ccccc2)c1)c1ccccc1. The Morgan fingerprint density at radius 2 is 1.61 bits per heavy atom. The van der Waals surface area contributed by atoms with Crippen molar-refractivity contribution in [3.8, 4) is 5.75 Å². The number of nitrogens with zero attached hydrogens (tertiary/aromatic N) is 1. The Balaban J connectivity index is 1.61. The lowest BCUT2D eigenvalue weighted by Gasteiger charge is -2.25. The van der Waals surface area contributed by atoms with Crippen molar-refractivity contribution in [2.75, 3.05) is 20.6 Å². The molecule has 0 saturated carbocycles. The Bertz CT molecular complexity index is 879. The molecule has 4 heteroatoms. The topological polar surface area (TPSA) is 41.6 Å². The van der Waals surface area contributed by atoms with E-state index in [1.807, 2.05) is 74.8 Å². The van der Waals surface area contributed by atoms with Crippen LogP contribution < -0.4 is 10.1 Å². The maximum absolute atomic E-state index is 12.6. The van der Waals surface area contributed by atoms with Gasteiger partial charge in [-0.2, -0.15) is 0 Å². The van der Waals surface area contributed by atoms with E-state index in [1.54, 1.807) is 12.1 Å². The van der Waals surface area contributed by atoms with Gasteiger partial charge in [-0.1, -0.05) is 66.7 Å². The first-order chi connectivity index (χ1) is 13.6. The lowest BCUT2D eigenvalue weighted by molar-refractivity contribution is 0.0941. The fourth-order valence-electron chi connectivity index (χ4n) is 3.03. The van der Waals surface area contributed by atoms with Crippen LogP contribution in [0.5, 0.6) is 5.75 Å². The fourth-order valence-corrected chi connectivity index (χ4v) is 3.03. The molecule has 0 spiro atoms. The molecule has 3 aromatic rings. The second-order valence-electron chi connectivity index (χ2n) is 6.90. The third-order valence-corrected chi connectivity index (χ3v) is 4.61. The summed E-state index contributed by atoms with van der Waals surface area (Å²) in [5, 5.41) is 3.04. The minimum atomic E-state index is -0.104. The van der Waals surface area contributed by atoms with Gasteiger partial charge in [-0.05, 0) is 43.4 Å². The number of carbonyl (C=O) groups excluding carboxylic acids is 1. The number of likely N-dealkylation sites (N-methyl/N-ethyl adjacent to an activating group) is 1. The zero-order valence-electron chi connectivity index (χ0n) is 16.3. The largest absolute Gasteiger partial charge is 0.489 e. The summed E-state index contributed by atoms with van der Waals surface area (Å²) in [6.07, 6.45) is 0. The van der Waals surface area contributed by atoms with Gasteiger partial charge in [0.25, 0.3) is 5.91 Å². The molecule has 28 heavy (non-hydrogen) atoms. The smallest absolute Gasteiger partial charge is 0.251 e. The van der Waals surface area contributed by atoms with Crippen molar-refractivity contribution in [1.29, 1.82) is 0 Å². The van der Waals surface area contributed by atoms with Crippen LogP contribution in [0.2, 0.25) is 0 Å². The van der Waals surface area contributed by atoms with E-state index < -0.39 is 0 Å². The molecule has 3 aromatic carbocycles. The summed E-state index contributed by atoms with van der Waals surface area (Å²) in [6, 6.07) is 27.6. The zero-order valence-corrected chi connectivity index (χ0v) is 16.3. The van der Waals surface area contributed by atoms with E-state index >= 15 is 0 Å². The Morgan fingerprint density at radius 1 is 0.929 bits per heavy atom. The van der Waals surface area contributed by atoms with Crippen molar-refractivity contribution >= 4 is 5.91 Å². The molecule has 0 unspecified atom stereocenters. The van der Waals surface area contributed by atoms with Crippen molar-refractivity contribution in [1.82, 2.24) is 10.2 Å². The third kappa shape index (κ3) is 5.44. The number of hydrogen-bond acceptors (Lipinski definition) is 3. The van der Waals surface area contributed by atoms with Crippen LogP contribution in [0.25, 0.3) is 0 Å². The highest BCUT2D eigenvalue weighted by atomic mass is 16.5. The average molecular weight is 374 g/mol. The van der Waals surface area contributed by atoms with Crippen LogP contribution in [-0.4, -0.2) is 31.4 Å². The second kappa shape index (κ2) is 9.72. The van der Waals surface area contributed by atoms with E-state index in [9.17, 15) is 4.79 Å². The van der Waals surface area contributed by atoms with Crippen LogP contribution in [0.4, 0.5) is 0 Å². The molecule has 1 amide bonds. The highest BCUT2D eigenvalue weighted by molar-refractivity contribution is 5.94. The van der Waals surface area contributed by atoms with Gasteiger partial charge < -0.3 is 15.0 Å². The molecule has 0 aliphatic rings. The number of rotatable bonds is 8. The van der Waals surface area contributed by atoms with E-state index in [2.05, 4.69) is 22.3 Å². The molecule has 1 N–H and O–H groups in total. The van der Waals surface area contributed by atoms with Gasteiger partial charge in [0.15, 0.2) is 0 Å². The highest BCUT2D eigenvalue weighted by Crippen LogP contribution is 2.18. The first-order valence-corrected chi connectivity index (χ1v) is 9.40. The van der Waals surface area contributed by atoms with Crippen molar-refractivity contribution in [2.24, 2.45) is 0 Å². The molecule has 1 atom stereocenters. The number of benzene rings is 3. The first kappa shape index (κ1) is 19.6. The molecule has 0 bridgehead atoms. The van der Waals surface area contributed by atoms with E-state index in [0.29, 0.717) is 24.5 Å². The normalized spacial score (nSPS) is 11.8. The van der Waals surface area contributed by atoms with Crippen LogP contribution in [-0.2, 0) is 6.61 Å². The second-order valence-corrected chi connectivity index (χ2v) is 6.90. The highest BCUT2D eigenvalue weighted by Gasteiger charge is 2.16. The Hall–Kier alpha value is -3.11. The molecule has 0 saturated heterocycles. The predicted molar refractivity (Wildman–Crippen MR) is 112 cm³/mol. The van der Waals surface area contributed by atoms with Gasteiger partial charge in [-0.25, -0.2) is 0 Å². The number of amides is 1. The van der Waals surface area contributed by atoms with Crippen LogP contribution in [0.3, 0.4) is 0 Å². The van der Waals surface area contributed by atoms with Gasteiger partial charge in [0.2, 0.25) is 0 Å². The Labute approximate surface area is 166 Å². The maximum Gasteiger partial charge on any atom is 0.251 e. The molecule has 0 fully saturated rings. The zero-order chi connectivity index (χ0) is 19.8. The average Bonchev–Trinajstić information content (AvgIpc) is 2.74. The van der Waals surface area contributed by atoms with Crippen LogP contribution >= 0.6 is 0 Å². The quantitative estimate of drug-likeness (QED) is 0.639. The van der Waals surface area contributed by atoms with Crippen molar-refractivity contribution in [3.63, 3.8) is 0 Å². The van der Waals surface area contributed by atoms with Gasteiger partial charge >= 0.3 is 0 Å². The third-order valence-electron chi connectivity index (χ3n) is 4.61. The maximum atomic E-state index is 12.6. The van der Waals surface area contributed by atoms with E-state index in [0.717, 1.165) is 5.56 Å². The van der Waals surface area contributed by atoms with Crippen LogP contribution in [0, 0.1) is 0 Å². The van der Waals surface area contributed by atoms with Crippen LogP contribution in [0.15, 0.2) is 84.9 Å². The molecule has 144 valence electrons. The summed E-state index contributed by atoms with van der Waals surface area (Å²) in [7, 11) is 4.03.